The van der Waals surface area contributed by atoms with Crippen molar-refractivity contribution in [1.82, 2.24) is 4.57 Å². The number of allylic oxidation sites excluding steroid dienone is 1. The van der Waals surface area contributed by atoms with E-state index in [1.807, 2.05) is 13.8 Å². The fraction of sp³-hybridized carbons (Fsp3) is 0.300. The van der Waals surface area contributed by atoms with E-state index in [2.05, 4.69) is 27.5 Å². The fourth-order valence-electron chi connectivity index (χ4n) is 4.57. The number of fused-ring (bicyclic) bond motifs is 1. The summed E-state index contributed by atoms with van der Waals surface area (Å²) in [4.78, 5) is 43.4. The monoisotopic (exact) mass is 671 g/mol. The number of carbonyl (C=O) groups excluding carboxylic acids is 1. The zero-order valence-electron chi connectivity index (χ0n) is 24.2. The van der Waals surface area contributed by atoms with Gasteiger partial charge < -0.3 is 18.9 Å². The molecule has 4 rings (SSSR count). The molecule has 0 N–H and O–H groups in total. The second-order valence-corrected chi connectivity index (χ2v) is 11.5. The van der Waals surface area contributed by atoms with E-state index in [4.69, 9.17) is 18.9 Å². The first-order chi connectivity index (χ1) is 20.5. The maximum Gasteiger partial charge on any atom is 0.338 e. The van der Waals surface area contributed by atoms with Gasteiger partial charge in [-0.05, 0) is 79.0 Å². The van der Waals surface area contributed by atoms with Crippen LogP contribution in [0.25, 0.3) is 6.08 Å². The van der Waals surface area contributed by atoms with E-state index in [0.29, 0.717) is 37.6 Å². The van der Waals surface area contributed by atoms with Crippen molar-refractivity contribution >= 4 is 45.0 Å². The fourth-order valence-corrected chi connectivity index (χ4v) is 6.20. The van der Waals surface area contributed by atoms with Crippen LogP contribution in [0, 0.1) is 10.1 Å². The number of methoxy groups -OCH3 is 1. The Kier molecular flexibility index (Phi) is 9.87. The number of halogens is 1. The second-order valence-electron chi connectivity index (χ2n) is 9.59. The maximum absolute atomic E-state index is 14.0. The Morgan fingerprint density at radius 1 is 1.28 bits per heavy atom. The molecule has 226 valence electrons. The minimum absolute atomic E-state index is 0.0528. The van der Waals surface area contributed by atoms with E-state index in [9.17, 15) is 19.7 Å². The van der Waals surface area contributed by atoms with Gasteiger partial charge in [0.15, 0.2) is 16.3 Å². The standard InChI is InChI=1S/C30H30BrN3O8S/c1-7-11-41-27-20(31)12-18(13-21(27)34(37)38)14-24-28(35)33-26(19-9-10-22(42-16(3)4)23(15-19)39-6)25(29(36)40-8-2)17(5)32-30(33)43-24/h7,9-10,12-16,26H,1,8,11H2,2-6H3/b24-14+/t26-/m1/s1. The zero-order valence-corrected chi connectivity index (χ0v) is 26.6. The van der Waals surface area contributed by atoms with Crippen molar-refractivity contribution < 1.29 is 28.7 Å². The van der Waals surface area contributed by atoms with Crippen LogP contribution in [-0.2, 0) is 9.53 Å². The molecule has 2 heterocycles. The lowest BCUT2D eigenvalue weighted by atomic mass is 9.95. The molecule has 0 radical (unpaired) electrons. The Labute approximate surface area is 259 Å². The lowest BCUT2D eigenvalue weighted by molar-refractivity contribution is -0.385. The molecule has 11 nitrogen and oxygen atoms in total. The Bertz CT molecular complexity index is 1810. The Balaban J connectivity index is 1.94. The van der Waals surface area contributed by atoms with E-state index in [0.717, 1.165) is 11.3 Å². The summed E-state index contributed by atoms with van der Waals surface area (Å²) >= 11 is 4.45. The van der Waals surface area contributed by atoms with Crippen LogP contribution < -0.4 is 29.1 Å². The molecule has 0 saturated carbocycles. The number of nitro benzene ring substituents is 1. The van der Waals surface area contributed by atoms with Gasteiger partial charge >= 0.3 is 11.7 Å². The predicted octanol–water partition coefficient (Wildman–Crippen LogP) is 4.83. The van der Waals surface area contributed by atoms with E-state index in [1.165, 1.54) is 23.8 Å². The topological polar surface area (TPSA) is 131 Å². The van der Waals surface area contributed by atoms with Crippen LogP contribution in [0.3, 0.4) is 0 Å². The van der Waals surface area contributed by atoms with Crippen LogP contribution in [0.4, 0.5) is 5.69 Å². The summed E-state index contributed by atoms with van der Waals surface area (Å²) in [6.45, 7) is 11.0. The van der Waals surface area contributed by atoms with Crippen LogP contribution in [0.2, 0.25) is 0 Å². The molecule has 0 fully saturated rings. The number of carbonyl (C=O) groups is 1. The van der Waals surface area contributed by atoms with Crippen LogP contribution in [-0.4, -0.2) is 41.9 Å². The minimum atomic E-state index is -0.879. The number of hydrogen-bond acceptors (Lipinski definition) is 10. The summed E-state index contributed by atoms with van der Waals surface area (Å²) in [6, 6.07) is 7.29. The Hall–Kier alpha value is -4.23. The molecule has 43 heavy (non-hydrogen) atoms. The third kappa shape index (κ3) is 6.57. The molecule has 3 aromatic rings. The number of nitro groups is 1. The summed E-state index contributed by atoms with van der Waals surface area (Å²) < 4.78 is 24.3. The minimum Gasteiger partial charge on any atom is -0.493 e. The van der Waals surface area contributed by atoms with E-state index >= 15 is 0 Å². The van der Waals surface area contributed by atoms with Gasteiger partial charge in [-0.2, -0.15) is 0 Å². The Morgan fingerprint density at radius 2 is 2.02 bits per heavy atom. The molecule has 1 atom stereocenters. The quantitative estimate of drug-likeness (QED) is 0.123. The predicted molar refractivity (Wildman–Crippen MR) is 166 cm³/mol. The molecule has 1 aliphatic rings. The molecule has 1 aliphatic heterocycles. The van der Waals surface area contributed by atoms with E-state index in [-0.39, 0.29) is 40.9 Å². The zero-order chi connectivity index (χ0) is 31.4. The van der Waals surface area contributed by atoms with Gasteiger partial charge in [0.05, 0.1) is 51.1 Å². The number of hydrogen-bond donors (Lipinski definition) is 0. The summed E-state index contributed by atoms with van der Waals surface area (Å²) in [5.74, 6) is 0.401. The summed E-state index contributed by atoms with van der Waals surface area (Å²) in [6.07, 6.45) is 2.92. The maximum atomic E-state index is 14.0. The van der Waals surface area contributed by atoms with Crippen molar-refractivity contribution in [2.24, 2.45) is 4.99 Å². The first kappa shape index (κ1) is 31.7. The van der Waals surface area contributed by atoms with Gasteiger partial charge in [-0.1, -0.05) is 30.1 Å². The third-order valence-electron chi connectivity index (χ3n) is 6.27. The van der Waals surface area contributed by atoms with Gasteiger partial charge in [0, 0.05) is 6.07 Å². The SMILES string of the molecule is C=CCOc1c(Br)cc(/C=c2/sc3n(c2=O)[C@H](c2ccc(OC(C)C)c(OC)c2)C(C(=O)OCC)=C(C)N=3)cc1[N+](=O)[O-]. The lowest BCUT2D eigenvalue weighted by Gasteiger charge is -2.25. The largest absolute Gasteiger partial charge is 0.493 e. The molecule has 1 aromatic heterocycles. The third-order valence-corrected chi connectivity index (χ3v) is 7.84. The molecule has 0 spiro atoms. The Morgan fingerprint density at radius 3 is 2.65 bits per heavy atom. The molecule has 0 amide bonds. The molecule has 0 aliphatic carbocycles. The molecule has 0 bridgehead atoms. The van der Waals surface area contributed by atoms with Crippen LogP contribution in [0.1, 0.15) is 44.9 Å². The number of ether oxygens (including phenoxy) is 4. The highest BCUT2D eigenvalue weighted by Crippen LogP contribution is 2.38. The number of thiazole rings is 1. The van der Waals surface area contributed by atoms with Crippen molar-refractivity contribution in [3.8, 4) is 17.2 Å². The van der Waals surface area contributed by atoms with Crippen molar-refractivity contribution in [3.63, 3.8) is 0 Å². The highest BCUT2D eigenvalue weighted by molar-refractivity contribution is 9.10. The van der Waals surface area contributed by atoms with Crippen molar-refractivity contribution in [2.75, 3.05) is 20.3 Å². The van der Waals surface area contributed by atoms with Gasteiger partial charge in [0.1, 0.15) is 6.61 Å². The number of esters is 1. The molecule has 13 heteroatoms. The number of benzene rings is 2. The molecular weight excluding hydrogens is 642 g/mol. The van der Waals surface area contributed by atoms with Crippen molar-refractivity contribution in [1.29, 1.82) is 0 Å². The van der Waals surface area contributed by atoms with Crippen LogP contribution in [0.15, 0.2) is 68.5 Å². The highest BCUT2D eigenvalue weighted by atomic mass is 79.9. The average Bonchev–Trinajstić information content (AvgIpc) is 3.25. The molecular formula is C30H30BrN3O8S. The number of nitrogens with zero attached hydrogens (tertiary/aromatic N) is 3. The second kappa shape index (κ2) is 13.4. The first-order valence-electron chi connectivity index (χ1n) is 13.3. The van der Waals surface area contributed by atoms with Gasteiger partial charge in [-0.3, -0.25) is 19.5 Å². The van der Waals surface area contributed by atoms with Crippen LogP contribution >= 0.6 is 27.3 Å². The number of aromatic nitrogens is 1. The van der Waals surface area contributed by atoms with E-state index < -0.39 is 22.5 Å². The van der Waals surface area contributed by atoms with Gasteiger partial charge in [0.25, 0.3) is 5.56 Å². The van der Waals surface area contributed by atoms with Gasteiger partial charge in [0.2, 0.25) is 5.75 Å². The summed E-state index contributed by atoms with van der Waals surface area (Å²) in [5.41, 5.74) is 0.881. The molecule has 2 aromatic carbocycles. The summed E-state index contributed by atoms with van der Waals surface area (Å²) in [5, 5.41) is 11.8. The first-order valence-corrected chi connectivity index (χ1v) is 14.9. The summed E-state index contributed by atoms with van der Waals surface area (Å²) in [7, 11) is 1.51. The van der Waals surface area contributed by atoms with Gasteiger partial charge in [-0.15, -0.1) is 0 Å². The van der Waals surface area contributed by atoms with E-state index in [1.54, 1.807) is 44.2 Å². The highest BCUT2D eigenvalue weighted by Gasteiger charge is 2.34. The van der Waals surface area contributed by atoms with Crippen molar-refractivity contribution in [2.45, 2.75) is 39.8 Å². The van der Waals surface area contributed by atoms with Crippen LogP contribution in [0.5, 0.6) is 17.2 Å². The molecule has 0 saturated heterocycles. The molecule has 0 unspecified atom stereocenters. The average molecular weight is 673 g/mol. The lowest BCUT2D eigenvalue weighted by Crippen LogP contribution is -2.40. The van der Waals surface area contributed by atoms with Gasteiger partial charge in [-0.25, -0.2) is 9.79 Å². The van der Waals surface area contributed by atoms with Crippen molar-refractivity contribution in [3.05, 3.63) is 99.7 Å². The smallest absolute Gasteiger partial charge is 0.338 e. The normalized spacial score (nSPS) is 14.7. The number of rotatable bonds is 11.